The number of nitro groups is 2. The summed E-state index contributed by atoms with van der Waals surface area (Å²) >= 11 is 0. The highest BCUT2D eigenvalue weighted by Crippen LogP contribution is 2.24. The van der Waals surface area contributed by atoms with Crippen LogP contribution in [0, 0.1) is 34.1 Å². The van der Waals surface area contributed by atoms with Crippen molar-refractivity contribution in [3.8, 4) is 0 Å². The van der Waals surface area contributed by atoms with Gasteiger partial charge >= 0.3 is 0 Å². The predicted molar refractivity (Wildman–Crippen MR) is 80.4 cm³/mol. The molecule has 0 fully saturated rings. The molecule has 120 valence electrons. The van der Waals surface area contributed by atoms with E-state index in [1.807, 2.05) is 0 Å². The summed E-state index contributed by atoms with van der Waals surface area (Å²) in [5.74, 6) is -0.684. The first-order valence-electron chi connectivity index (χ1n) is 6.46. The molecule has 10 heteroatoms. The van der Waals surface area contributed by atoms with Crippen molar-refractivity contribution in [3.63, 3.8) is 0 Å². The molecule has 0 aliphatic rings. The molecule has 0 atom stereocenters. The topological polar surface area (TPSA) is 133 Å². The number of nitro benzene ring substituents is 2. The average molecular weight is 319 g/mol. The third-order valence-electron chi connectivity index (χ3n) is 3.33. The van der Waals surface area contributed by atoms with Crippen molar-refractivity contribution in [2.45, 2.75) is 13.8 Å². The van der Waals surface area contributed by atoms with Gasteiger partial charge in [-0.15, -0.1) is 0 Å². The summed E-state index contributed by atoms with van der Waals surface area (Å²) in [5, 5.41) is 28.4. The van der Waals surface area contributed by atoms with E-state index in [0.29, 0.717) is 17.1 Å². The molecule has 10 nitrogen and oxygen atoms in total. The molecule has 0 saturated carbocycles. The lowest BCUT2D eigenvalue weighted by Crippen LogP contribution is -2.14. The minimum absolute atomic E-state index is 0.173. The summed E-state index contributed by atoms with van der Waals surface area (Å²) in [7, 11) is 1.70. The van der Waals surface area contributed by atoms with Crippen LogP contribution in [0.5, 0.6) is 0 Å². The molecular weight excluding hydrogens is 306 g/mol. The Kier molecular flexibility index (Phi) is 4.08. The van der Waals surface area contributed by atoms with Gasteiger partial charge in [0.1, 0.15) is 0 Å². The fourth-order valence-corrected chi connectivity index (χ4v) is 2.08. The second-order valence-corrected chi connectivity index (χ2v) is 4.88. The SMILES string of the molecule is Cc1nn(C)c(C)c1NC(=O)c1cc([N+](=O)[O-])cc([N+](=O)[O-])c1. The van der Waals surface area contributed by atoms with Crippen LogP contribution in [0.1, 0.15) is 21.7 Å². The number of non-ortho nitro benzene ring substituents is 2. The molecule has 2 aromatic rings. The molecule has 0 saturated heterocycles. The Hall–Kier alpha value is -3.30. The Morgan fingerprint density at radius 3 is 2.04 bits per heavy atom. The van der Waals surface area contributed by atoms with E-state index in [9.17, 15) is 25.0 Å². The monoisotopic (exact) mass is 319 g/mol. The molecule has 2 rings (SSSR count). The first-order chi connectivity index (χ1) is 10.7. The van der Waals surface area contributed by atoms with Crippen LogP contribution in [-0.2, 0) is 7.05 Å². The Bertz CT molecular complexity index is 794. The standard InChI is InChI=1S/C13H13N5O5/c1-7-12(8(2)16(3)15-7)14-13(19)9-4-10(17(20)21)6-11(5-9)18(22)23/h4-6H,1-3H3,(H,14,19). The number of carbonyl (C=O) groups is 1. The third kappa shape index (κ3) is 3.15. The fourth-order valence-electron chi connectivity index (χ4n) is 2.08. The zero-order valence-corrected chi connectivity index (χ0v) is 12.6. The Morgan fingerprint density at radius 2 is 1.65 bits per heavy atom. The zero-order chi connectivity index (χ0) is 17.3. The van der Waals surface area contributed by atoms with Crippen LogP contribution in [0.25, 0.3) is 0 Å². The van der Waals surface area contributed by atoms with Crippen LogP contribution < -0.4 is 5.32 Å². The zero-order valence-electron chi connectivity index (χ0n) is 12.6. The van der Waals surface area contributed by atoms with Crippen LogP contribution in [0.3, 0.4) is 0 Å². The van der Waals surface area contributed by atoms with Gasteiger partial charge in [-0.1, -0.05) is 0 Å². The van der Waals surface area contributed by atoms with Crippen LogP contribution in [-0.4, -0.2) is 25.5 Å². The highest BCUT2D eigenvalue weighted by Gasteiger charge is 2.21. The number of nitrogens with one attached hydrogen (secondary N) is 1. The number of rotatable bonds is 4. The van der Waals surface area contributed by atoms with E-state index >= 15 is 0 Å². The third-order valence-corrected chi connectivity index (χ3v) is 3.33. The quantitative estimate of drug-likeness (QED) is 0.677. The van der Waals surface area contributed by atoms with Crippen LogP contribution in [0.4, 0.5) is 17.1 Å². The van der Waals surface area contributed by atoms with Crippen molar-refractivity contribution >= 4 is 23.0 Å². The van der Waals surface area contributed by atoms with Gasteiger partial charge in [0.05, 0.1) is 38.6 Å². The molecule has 1 amide bonds. The maximum absolute atomic E-state index is 12.3. The number of aryl methyl sites for hydroxylation is 2. The van der Waals surface area contributed by atoms with E-state index in [2.05, 4.69) is 10.4 Å². The first kappa shape index (κ1) is 16.1. The van der Waals surface area contributed by atoms with E-state index in [0.717, 1.165) is 18.2 Å². The van der Waals surface area contributed by atoms with Crippen LogP contribution in [0.15, 0.2) is 18.2 Å². The van der Waals surface area contributed by atoms with Gasteiger partial charge in [-0.2, -0.15) is 5.10 Å². The lowest BCUT2D eigenvalue weighted by molar-refractivity contribution is -0.394. The second-order valence-electron chi connectivity index (χ2n) is 4.88. The van der Waals surface area contributed by atoms with E-state index in [1.54, 1.807) is 25.6 Å². The normalized spacial score (nSPS) is 10.4. The smallest absolute Gasteiger partial charge is 0.277 e. The molecular formula is C13H13N5O5. The molecule has 1 heterocycles. The highest BCUT2D eigenvalue weighted by atomic mass is 16.6. The van der Waals surface area contributed by atoms with Crippen molar-refractivity contribution in [3.05, 3.63) is 55.4 Å². The van der Waals surface area contributed by atoms with Gasteiger partial charge in [0.15, 0.2) is 0 Å². The van der Waals surface area contributed by atoms with Crippen molar-refractivity contribution in [1.82, 2.24) is 9.78 Å². The van der Waals surface area contributed by atoms with E-state index in [4.69, 9.17) is 0 Å². The highest BCUT2D eigenvalue weighted by molar-refractivity contribution is 6.05. The summed E-state index contributed by atoms with van der Waals surface area (Å²) in [6.45, 7) is 3.43. The maximum Gasteiger partial charge on any atom is 0.277 e. The molecule has 0 radical (unpaired) electrons. The number of carbonyl (C=O) groups excluding carboxylic acids is 1. The number of hydrogen-bond acceptors (Lipinski definition) is 6. The van der Waals surface area contributed by atoms with Gasteiger partial charge in [0.25, 0.3) is 17.3 Å². The minimum atomic E-state index is -0.787. The summed E-state index contributed by atoms with van der Waals surface area (Å²) in [6, 6.07) is 2.78. The van der Waals surface area contributed by atoms with Gasteiger partial charge in [-0.3, -0.25) is 29.7 Å². The van der Waals surface area contributed by atoms with Crippen molar-refractivity contribution in [2.24, 2.45) is 7.05 Å². The number of aromatic nitrogens is 2. The Morgan fingerprint density at radius 1 is 1.13 bits per heavy atom. The van der Waals surface area contributed by atoms with E-state index in [-0.39, 0.29) is 5.56 Å². The number of amides is 1. The van der Waals surface area contributed by atoms with Crippen molar-refractivity contribution in [1.29, 1.82) is 0 Å². The van der Waals surface area contributed by atoms with Gasteiger partial charge in [-0.25, -0.2) is 0 Å². The number of hydrogen-bond donors (Lipinski definition) is 1. The van der Waals surface area contributed by atoms with Gasteiger partial charge in [0, 0.05) is 19.2 Å². The molecule has 0 aliphatic carbocycles. The predicted octanol–water partition coefficient (Wildman–Crippen LogP) is 2.11. The first-order valence-corrected chi connectivity index (χ1v) is 6.46. The molecule has 0 spiro atoms. The number of benzene rings is 1. The summed E-state index contributed by atoms with van der Waals surface area (Å²) in [6.07, 6.45) is 0. The molecule has 0 aliphatic heterocycles. The lowest BCUT2D eigenvalue weighted by atomic mass is 10.1. The van der Waals surface area contributed by atoms with Gasteiger partial charge in [0.2, 0.25) is 0 Å². The summed E-state index contributed by atoms with van der Waals surface area (Å²) in [5.41, 5.74) is 0.502. The van der Waals surface area contributed by atoms with E-state index < -0.39 is 27.1 Å². The number of nitrogens with zero attached hydrogens (tertiary/aromatic N) is 4. The molecule has 1 N–H and O–H groups in total. The van der Waals surface area contributed by atoms with Crippen molar-refractivity contribution in [2.75, 3.05) is 5.32 Å². The summed E-state index contributed by atoms with van der Waals surface area (Å²) < 4.78 is 1.57. The Labute approximate surface area is 130 Å². The Balaban J connectivity index is 2.42. The maximum atomic E-state index is 12.3. The lowest BCUT2D eigenvalue weighted by Gasteiger charge is -2.06. The fraction of sp³-hybridized carbons (Fsp3) is 0.231. The molecule has 0 bridgehead atoms. The van der Waals surface area contributed by atoms with Crippen LogP contribution >= 0.6 is 0 Å². The molecule has 23 heavy (non-hydrogen) atoms. The van der Waals surface area contributed by atoms with Gasteiger partial charge < -0.3 is 5.32 Å². The van der Waals surface area contributed by atoms with Gasteiger partial charge in [-0.05, 0) is 13.8 Å². The number of anilines is 1. The molecule has 1 aromatic carbocycles. The second kappa shape index (κ2) is 5.83. The molecule has 1 aromatic heterocycles. The molecule has 0 unspecified atom stereocenters. The average Bonchev–Trinajstić information content (AvgIpc) is 2.73. The largest absolute Gasteiger partial charge is 0.319 e. The summed E-state index contributed by atoms with van der Waals surface area (Å²) in [4.78, 5) is 32.4. The van der Waals surface area contributed by atoms with E-state index in [1.165, 1.54) is 0 Å². The minimum Gasteiger partial charge on any atom is -0.319 e. The van der Waals surface area contributed by atoms with Crippen LogP contribution in [0.2, 0.25) is 0 Å². The van der Waals surface area contributed by atoms with Crippen molar-refractivity contribution < 1.29 is 14.6 Å².